The number of fused-ring (bicyclic) bond motifs is 1. The first-order chi connectivity index (χ1) is 13.1. The molecule has 6 heteroatoms. The molecule has 27 heavy (non-hydrogen) atoms. The molecule has 0 aliphatic heterocycles. The molecule has 0 aliphatic rings. The molecule has 0 unspecified atom stereocenters. The van der Waals surface area contributed by atoms with E-state index in [1.54, 1.807) is 28.9 Å². The van der Waals surface area contributed by atoms with E-state index in [-0.39, 0.29) is 5.82 Å². The van der Waals surface area contributed by atoms with Crippen LogP contribution < -0.4 is 5.73 Å². The molecule has 3 heterocycles. The van der Waals surface area contributed by atoms with Crippen LogP contribution in [0.5, 0.6) is 0 Å². The average Bonchev–Trinajstić information content (AvgIpc) is 3.03. The molecular weight excluding hydrogens is 363 g/mol. The summed E-state index contributed by atoms with van der Waals surface area (Å²) in [4.78, 5) is 4.03. The van der Waals surface area contributed by atoms with Gasteiger partial charge >= 0.3 is 0 Å². The number of pyridine rings is 2. The van der Waals surface area contributed by atoms with Crippen LogP contribution in [0.25, 0.3) is 16.8 Å². The second-order valence-electron chi connectivity index (χ2n) is 6.42. The van der Waals surface area contributed by atoms with Gasteiger partial charge in [0, 0.05) is 17.3 Å². The SMILES string of the molecule is Nc1cc(CCCc2c(-c3ccc(F)cc3)nn3c(Cl)cccc23)ccn1. The zero-order valence-corrected chi connectivity index (χ0v) is 15.3. The van der Waals surface area contributed by atoms with Gasteiger partial charge in [-0.15, -0.1) is 0 Å². The number of anilines is 1. The standard InChI is InChI=1S/C21H18ClFN4/c22-19-6-2-5-18-17(4-1-3-14-11-12-25-20(24)13-14)21(26-27(18)19)15-7-9-16(23)10-8-15/h2,5-13H,1,3-4H2,(H2,24,25). The predicted octanol–water partition coefficient (Wildman–Crippen LogP) is 4.95. The van der Waals surface area contributed by atoms with Crippen LogP contribution in [-0.4, -0.2) is 14.6 Å². The topological polar surface area (TPSA) is 56.2 Å². The van der Waals surface area contributed by atoms with Crippen LogP contribution in [0.3, 0.4) is 0 Å². The van der Waals surface area contributed by atoms with Gasteiger partial charge in [-0.3, -0.25) is 0 Å². The highest BCUT2D eigenvalue weighted by Crippen LogP contribution is 2.29. The van der Waals surface area contributed by atoms with Gasteiger partial charge in [-0.1, -0.05) is 17.7 Å². The Morgan fingerprint density at radius 3 is 2.63 bits per heavy atom. The lowest BCUT2D eigenvalue weighted by Gasteiger charge is -2.05. The maximum atomic E-state index is 13.3. The van der Waals surface area contributed by atoms with Gasteiger partial charge in [0.05, 0.1) is 11.2 Å². The quantitative estimate of drug-likeness (QED) is 0.498. The predicted molar refractivity (Wildman–Crippen MR) is 106 cm³/mol. The molecule has 0 bridgehead atoms. The van der Waals surface area contributed by atoms with Crippen molar-refractivity contribution < 1.29 is 4.39 Å². The first-order valence-electron chi connectivity index (χ1n) is 8.74. The minimum Gasteiger partial charge on any atom is -0.384 e. The molecule has 0 saturated carbocycles. The summed E-state index contributed by atoms with van der Waals surface area (Å²) in [7, 11) is 0. The molecule has 4 aromatic rings. The van der Waals surface area contributed by atoms with Crippen LogP contribution >= 0.6 is 11.6 Å². The van der Waals surface area contributed by atoms with Gasteiger partial charge in [-0.25, -0.2) is 13.9 Å². The van der Waals surface area contributed by atoms with Gasteiger partial charge in [-0.05, 0) is 73.4 Å². The van der Waals surface area contributed by atoms with Crippen LogP contribution in [0, 0.1) is 5.82 Å². The molecule has 0 saturated heterocycles. The molecule has 136 valence electrons. The smallest absolute Gasteiger partial charge is 0.131 e. The van der Waals surface area contributed by atoms with Crippen LogP contribution in [0.2, 0.25) is 5.15 Å². The van der Waals surface area contributed by atoms with Crippen molar-refractivity contribution >= 4 is 22.9 Å². The highest BCUT2D eigenvalue weighted by Gasteiger charge is 2.16. The summed E-state index contributed by atoms with van der Waals surface area (Å²) < 4.78 is 15.1. The van der Waals surface area contributed by atoms with Crippen molar-refractivity contribution in [2.45, 2.75) is 19.3 Å². The Balaban J connectivity index is 1.68. The fourth-order valence-corrected chi connectivity index (χ4v) is 3.49. The number of halogens is 2. The van der Waals surface area contributed by atoms with Crippen LogP contribution in [0.15, 0.2) is 60.8 Å². The third-order valence-corrected chi connectivity index (χ3v) is 4.85. The molecule has 4 nitrogen and oxygen atoms in total. The summed E-state index contributed by atoms with van der Waals surface area (Å²) in [6.45, 7) is 0. The molecular formula is C21H18ClFN4. The van der Waals surface area contributed by atoms with E-state index in [1.165, 1.54) is 12.1 Å². The molecule has 0 atom stereocenters. The molecule has 1 aromatic carbocycles. The monoisotopic (exact) mass is 380 g/mol. The maximum absolute atomic E-state index is 13.3. The van der Waals surface area contributed by atoms with E-state index in [2.05, 4.69) is 10.1 Å². The number of aromatic nitrogens is 3. The summed E-state index contributed by atoms with van der Waals surface area (Å²) >= 11 is 6.32. The van der Waals surface area contributed by atoms with Crippen molar-refractivity contribution in [2.75, 3.05) is 5.73 Å². The summed E-state index contributed by atoms with van der Waals surface area (Å²) in [5, 5.41) is 5.23. The minimum atomic E-state index is -0.266. The molecule has 0 spiro atoms. The number of rotatable bonds is 5. The van der Waals surface area contributed by atoms with Gasteiger partial charge in [0.2, 0.25) is 0 Å². The van der Waals surface area contributed by atoms with E-state index in [9.17, 15) is 4.39 Å². The average molecular weight is 381 g/mol. The van der Waals surface area contributed by atoms with E-state index < -0.39 is 0 Å². The summed E-state index contributed by atoms with van der Waals surface area (Å²) in [5.74, 6) is 0.264. The number of aryl methyl sites for hydroxylation is 2. The van der Waals surface area contributed by atoms with Crippen molar-refractivity contribution in [2.24, 2.45) is 0 Å². The van der Waals surface area contributed by atoms with E-state index in [0.717, 1.165) is 47.2 Å². The molecule has 0 amide bonds. The molecule has 0 fully saturated rings. The maximum Gasteiger partial charge on any atom is 0.131 e. The van der Waals surface area contributed by atoms with Crippen LogP contribution in [0.1, 0.15) is 17.5 Å². The largest absolute Gasteiger partial charge is 0.384 e. The van der Waals surface area contributed by atoms with Crippen molar-refractivity contribution in [3.63, 3.8) is 0 Å². The first-order valence-corrected chi connectivity index (χ1v) is 9.12. The zero-order chi connectivity index (χ0) is 18.8. The fourth-order valence-electron chi connectivity index (χ4n) is 3.29. The Morgan fingerprint density at radius 2 is 1.85 bits per heavy atom. The Hall–Kier alpha value is -2.92. The van der Waals surface area contributed by atoms with Crippen molar-refractivity contribution in [3.8, 4) is 11.3 Å². The number of nitrogen functional groups attached to an aromatic ring is 1. The van der Waals surface area contributed by atoms with E-state index in [0.29, 0.717) is 11.0 Å². The molecule has 3 aromatic heterocycles. The number of hydrogen-bond acceptors (Lipinski definition) is 3. The molecule has 2 N–H and O–H groups in total. The Bertz CT molecular complexity index is 1090. The highest BCUT2D eigenvalue weighted by atomic mass is 35.5. The van der Waals surface area contributed by atoms with E-state index in [4.69, 9.17) is 17.3 Å². The molecule has 0 radical (unpaired) electrons. The number of hydrogen-bond donors (Lipinski definition) is 1. The van der Waals surface area contributed by atoms with Gasteiger partial charge in [-0.2, -0.15) is 5.10 Å². The lowest BCUT2D eigenvalue weighted by Crippen LogP contribution is -1.95. The van der Waals surface area contributed by atoms with Gasteiger partial charge in [0.15, 0.2) is 0 Å². The molecule has 4 rings (SSSR count). The fraction of sp³-hybridized carbons (Fsp3) is 0.143. The lowest BCUT2D eigenvalue weighted by atomic mass is 10.00. The van der Waals surface area contributed by atoms with Crippen molar-refractivity contribution in [1.82, 2.24) is 14.6 Å². The van der Waals surface area contributed by atoms with Crippen molar-refractivity contribution in [3.05, 3.63) is 82.9 Å². The summed E-state index contributed by atoms with van der Waals surface area (Å²) in [5.41, 5.74) is 10.7. The zero-order valence-electron chi connectivity index (χ0n) is 14.6. The van der Waals surface area contributed by atoms with E-state index in [1.807, 2.05) is 24.3 Å². The second kappa shape index (κ2) is 7.37. The van der Waals surface area contributed by atoms with Crippen molar-refractivity contribution in [1.29, 1.82) is 0 Å². The third kappa shape index (κ3) is 3.64. The first kappa shape index (κ1) is 17.5. The van der Waals surface area contributed by atoms with Crippen LogP contribution in [-0.2, 0) is 12.8 Å². The number of benzene rings is 1. The Morgan fingerprint density at radius 1 is 1.04 bits per heavy atom. The molecule has 0 aliphatic carbocycles. The number of nitrogens with two attached hydrogens (primary N) is 1. The van der Waals surface area contributed by atoms with E-state index >= 15 is 0 Å². The van der Waals surface area contributed by atoms with Crippen LogP contribution in [0.4, 0.5) is 10.2 Å². The Kier molecular flexibility index (Phi) is 4.77. The minimum absolute atomic E-state index is 0.266. The lowest BCUT2D eigenvalue weighted by molar-refractivity contribution is 0.628. The van der Waals surface area contributed by atoms with Gasteiger partial charge in [0.25, 0.3) is 0 Å². The normalized spacial score (nSPS) is 11.2. The summed E-state index contributed by atoms with van der Waals surface area (Å²) in [6.07, 6.45) is 4.35. The highest BCUT2D eigenvalue weighted by molar-refractivity contribution is 6.29. The second-order valence-corrected chi connectivity index (χ2v) is 6.81. The third-order valence-electron chi connectivity index (χ3n) is 4.57. The van der Waals surface area contributed by atoms with Gasteiger partial charge in [0.1, 0.15) is 16.8 Å². The number of nitrogens with zero attached hydrogens (tertiary/aromatic N) is 3. The Labute approximate surface area is 161 Å². The summed E-state index contributed by atoms with van der Waals surface area (Å²) in [6, 6.07) is 16.0. The van der Waals surface area contributed by atoms with Gasteiger partial charge < -0.3 is 5.73 Å².